The highest BCUT2D eigenvalue weighted by molar-refractivity contribution is 5.81. The van der Waals surface area contributed by atoms with Crippen LogP contribution in [0.15, 0.2) is 96.3 Å². The van der Waals surface area contributed by atoms with Gasteiger partial charge in [0, 0.05) is 0 Å². The van der Waals surface area contributed by atoms with Crippen LogP contribution in [0.3, 0.4) is 0 Å². The Kier molecular flexibility index (Phi) is 9.57. The third-order valence-corrected chi connectivity index (χ3v) is 4.67. The van der Waals surface area contributed by atoms with Crippen molar-refractivity contribution in [2.75, 3.05) is 6.54 Å². The number of amides is 1. The maximum Gasteiger partial charge on any atom is 0.408 e. The normalized spacial score (nSPS) is 11.2. The van der Waals surface area contributed by atoms with Crippen molar-refractivity contribution < 1.29 is 23.9 Å². The molecule has 0 aliphatic carbocycles. The van der Waals surface area contributed by atoms with E-state index >= 15 is 0 Å². The van der Waals surface area contributed by atoms with E-state index in [0.717, 1.165) is 16.7 Å². The molecule has 0 radical (unpaired) electrons. The quantitative estimate of drug-likeness (QED) is 0.244. The lowest BCUT2D eigenvalue weighted by atomic mass is 10.2. The van der Waals surface area contributed by atoms with Crippen LogP contribution in [0.25, 0.3) is 0 Å². The summed E-state index contributed by atoms with van der Waals surface area (Å²) < 4.78 is 10.5. The number of carbonyl (C=O) groups is 2. The molecule has 0 spiro atoms. The second-order valence-corrected chi connectivity index (χ2v) is 7.23. The van der Waals surface area contributed by atoms with Crippen LogP contribution < -0.4 is 5.32 Å². The van der Waals surface area contributed by atoms with E-state index in [2.05, 4.69) is 10.6 Å². The number of hydrogen-bond donors (Lipinski definition) is 1. The standard InChI is InChI=1S/C25H25N3O6/c29-24(32-17-20-10-4-1-5-11-20)23(26-25(30)33-18-21-12-6-2-7-13-21)16-28(27-31)34-19-22-14-8-3-9-15-22/h1-15,23H,16-19H2,(H,26,30)/t23-/m0/s1. The fourth-order valence-electron chi connectivity index (χ4n) is 2.90. The van der Waals surface area contributed by atoms with Gasteiger partial charge in [0.2, 0.25) is 0 Å². The summed E-state index contributed by atoms with van der Waals surface area (Å²) in [5, 5.41) is 5.93. The molecule has 0 bridgehead atoms. The number of alkyl carbamates (subject to hydrolysis) is 1. The topological polar surface area (TPSA) is 107 Å². The fourth-order valence-corrected chi connectivity index (χ4v) is 2.90. The zero-order valence-electron chi connectivity index (χ0n) is 18.4. The van der Waals surface area contributed by atoms with Crippen LogP contribution in [0.1, 0.15) is 16.7 Å². The highest BCUT2D eigenvalue weighted by Crippen LogP contribution is 2.08. The molecule has 3 aromatic carbocycles. The van der Waals surface area contributed by atoms with Crippen LogP contribution in [0.4, 0.5) is 4.79 Å². The number of nitroso groups, excluding NO2 is 1. The van der Waals surface area contributed by atoms with E-state index in [9.17, 15) is 14.5 Å². The van der Waals surface area contributed by atoms with E-state index in [0.29, 0.717) is 5.17 Å². The number of benzene rings is 3. The van der Waals surface area contributed by atoms with Crippen LogP contribution in [0.5, 0.6) is 0 Å². The lowest BCUT2D eigenvalue weighted by Crippen LogP contribution is -2.48. The molecule has 1 N–H and O–H groups in total. The van der Waals surface area contributed by atoms with Gasteiger partial charge in [-0.05, 0) is 16.7 Å². The SMILES string of the molecule is O=NN(C[C@H](NC(=O)OCc1ccccc1)C(=O)OCc1ccccc1)OCc1ccccc1. The number of esters is 1. The number of nitrogens with zero attached hydrogens (tertiary/aromatic N) is 2. The van der Waals surface area contributed by atoms with Crippen molar-refractivity contribution in [1.82, 2.24) is 10.5 Å². The summed E-state index contributed by atoms with van der Waals surface area (Å²) in [6.45, 7) is -0.309. The molecule has 0 aromatic heterocycles. The van der Waals surface area contributed by atoms with Crippen molar-refractivity contribution in [2.24, 2.45) is 5.29 Å². The monoisotopic (exact) mass is 463 g/mol. The Labute approximate surface area is 197 Å². The van der Waals surface area contributed by atoms with E-state index in [4.69, 9.17) is 14.3 Å². The van der Waals surface area contributed by atoms with Crippen molar-refractivity contribution in [3.8, 4) is 0 Å². The van der Waals surface area contributed by atoms with Crippen molar-refractivity contribution in [3.05, 3.63) is 113 Å². The van der Waals surface area contributed by atoms with Crippen LogP contribution in [0.2, 0.25) is 0 Å². The van der Waals surface area contributed by atoms with Gasteiger partial charge in [0.1, 0.15) is 19.8 Å². The second kappa shape index (κ2) is 13.3. The minimum absolute atomic E-state index is 0.00366. The molecule has 9 nitrogen and oxygen atoms in total. The van der Waals surface area contributed by atoms with Gasteiger partial charge in [0.25, 0.3) is 0 Å². The van der Waals surface area contributed by atoms with Gasteiger partial charge >= 0.3 is 12.1 Å². The van der Waals surface area contributed by atoms with E-state index in [-0.39, 0.29) is 26.4 Å². The van der Waals surface area contributed by atoms with Crippen LogP contribution in [-0.2, 0) is 38.9 Å². The summed E-state index contributed by atoms with van der Waals surface area (Å²) in [5.74, 6) is -0.766. The molecule has 0 saturated carbocycles. The molecule has 0 heterocycles. The first-order valence-electron chi connectivity index (χ1n) is 10.6. The minimum atomic E-state index is -1.26. The molecule has 0 aliphatic heterocycles. The molecule has 9 heteroatoms. The Bertz CT molecular complexity index is 1030. The molecular weight excluding hydrogens is 438 g/mol. The van der Waals surface area contributed by atoms with E-state index < -0.39 is 18.1 Å². The first kappa shape index (κ1) is 24.4. The minimum Gasteiger partial charge on any atom is -0.459 e. The summed E-state index contributed by atoms with van der Waals surface area (Å²) in [7, 11) is 0. The fraction of sp³-hybridized carbons (Fsp3) is 0.200. The van der Waals surface area contributed by atoms with Crippen molar-refractivity contribution >= 4 is 12.1 Å². The summed E-state index contributed by atoms with van der Waals surface area (Å²) in [6, 6.07) is 26.0. The van der Waals surface area contributed by atoms with Gasteiger partial charge < -0.3 is 14.8 Å². The van der Waals surface area contributed by atoms with Crippen LogP contribution in [0, 0.1) is 4.91 Å². The summed E-state index contributed by atoms with van der Waals surface area (Å²) >= 11 is 0. The predicted octanol–water partition coefficient (Wildman–Crippen LogP) is 4.14. The highest BCUT2D eigenvalue weighted by atomic mass is 16.7. The molecule has 1 amide bonds. The molecule has 3 rings (SSSR count). The average Bonchev–Trinajstić information content (AvgIpc) is 2.89. The largest absolute Gasteiger partial charge is 0.459 e. The zero-order valence-corrected chi connectivity index (χ0v) is 18.4. The van der Waals surface area contributed by atoms with E-state index in [1.54, 1.807) is 24.3 Å². The number of nitrogens with one attached hydrogen (secondary N) is 1. The Morgan fingerprint density at radius 2 is 1.21 bits per heavy atom. The van der Waals surface area contributed by atoms with Crippen molar-refractivity contribution in [3.63, 3.8) is 0 Å². The Balaban J connectivity index is 1.60. The Morgan fingerprint density at radius 1 is 0.735 bits per heavy atom. The number of ether oxygens (including phenoxy) is 2. The lowest BCUT2D eigenvalue weighted by molar-refractivity contribution is -0.181. The predicted molar refractivity (Wildman–Crippen MR) is 124 cm³/mol. The maximum atomic E-state index is 12.7. The molecule has 176 valence electrons. The molecular formula is C25H25N3O6. The molecule has 3 aromatic rings. The number of hydroxylamine groups is 1. The number of carbonyl (C=O) groups excluding carboxylic acids is 2. The number of hydrogen-bond acceptors (Lipinski definition) is 7. The molecule has 0 unspecified atom stereocenters. The van der Waals surface area contributed by atoms with Gasteiger partial charge in [0.15, 0.2) is 6.04 Å². The van der Waals surface area contributed by atoms with Gasteiger partial charge in [-0.15, -0.1) is 10.1 Å². The zero-order chi connectivity index (χ0) is 24.0. The molecule has 0 fully saturated rings. The summed E-state index contributed by atoms with van der Waals surface area (Å²) in [6.07, 6.45) is -0.848. The lowest BCUT2D eigenvalue weighted by Gasteiger charge is -2.22. The van der Waals surface area contributed by atoms with E-state index in [1.165, 1.54) is 0 Å². The van der Waals surface area contributed by atoms with Gasteiger partial charge in [-0.2, -0.15) is 0 Å². The average molecular weight is 463 g/mol. The molecule has 0 saturated heterocycles. The third kappa shape index (κ3) is 8.36. The Morgan fingerprint density at radius 3 is 1.71 bits per heavy atom. The summed E-state index contributed by atoms with van der Waals surface area (Å²) in [4.78, 5) is 41.8. The first-order valence-corrected chi connectivity index (χ1v) is 10.6. The Hall–Kier alpha value is -4.24. The smallest absolute Gasteiger partial charge is 0.408 e. The van der Waals surface area contributed by atoms with E-state index in [1.807, 2.05) is 66.7 Å². The van der Waals surface area contributed by atoms with Crippen LogP contribution >= 0.6 is 0 Å². The molecule has 0 aliphatic rings. The van der Waals surface area contributed by atoms with Gasteiger partial charge in [0.05, 0.1) is 11.8 Å². The van der Waals surface area contributed by atoms with Gasteiger partial charge in [-0.3, -0.25) is 0 Å². The van der Waals surface area contributed by atoms with Crippen molar-refractivity contribution in [2.45, 2.75) is 25.9 Å². The third-order valence-electron chi connectivity index (χ3n) is 4.67. The highest BCUT2D eigenvalue weighted by Gasteiger charge is 2.27. The van der Waals surface area contributed by atoms with Crippen molar-refractivity contribution in [1.29, 1.82) is 0 Å². The maximum absolute atomic E-state index is 12.7. The molecule has 1 atom stereocenters. The summed E-state index contributed by atoms with van der Waals surface area (Å²) in [5.41, 5.74) is 2.35. The van der Waals surface area contributed by atoms with Crippen LogP contribution in [-0.4, -0.2) is 29.8 Å². The van der Waals surface area contributed by atoms with Gasteiger partial charge in [-0.1, -0.05) is 91.0 Å². The molecule has 34 heavy (non-hydrogen) atoms. The second-order valence-electron chi connectivity index (χ2n) is 7.23. The first-order chi connectivity index (χ1) is 16.6. The van der Waals surface area contributed by atoms with Gasteiger partial charge in [-0.25, -0.2) is 14.4 Å². The number of rotatable bonds is 12.